The van der Waals surface area contributed by atoms with Crippen LogP contribution in [-0.2, 0) is 0 Å². The van der Waals surface area contributed by atoms with Crippen LogP contribution < -0.4 is 11.1 Å². The van der Waals surface area contributed by atoms with Gasteiger partial charge in [-0.05, 0) is 30.9 Å². The largest absolute Gasteiger partial charge is 0.370 e. The van der Waals surface area contributed by atoms with Gasteiger partial charge < -0.3 is 11.1 Å². The number of hydrogen-bond donors (Lipinski definition) is 2. The SMILES string of the molecule is CSCCCCNc1ccnc(N)n1. The number of hydrogen-bond acceptors (Lipinski definition) is 5. The van der Waals surface area contributed by atoms with Crippen LogP contribution in [0.3, 0.4) is 0 Å². The fourth-order valence-electron chi connectivity index (χ4n) is 1.06. The number of aromatic nitrogens is 2. The van der Waals surface area contributed by atoms with Crippen LogP contribution in [0, 0.1) is 0 Å². The summed E-state index contributed by atoms with van der Waals surface area (Å²) < 4.78 is 0. The van der Waals surface area contributed by atoms with E-state index in [9.17, 15) is 0 Å². The molecular weight excluding hydrogens is 196 g/mol. The molecule has 5 heteroatoms. The molecule has 0 spiro atoms. The Balaban J connectivity index is 2.18. The van der Waals surface area contributed by atoms with Gasteiger partial charge in [0.15, 0.2) is 0 Å². The summed E-state index contributed by atoms with van der Waals surface area (Å²) >= 11 is 1.88. The van der Waals surface area contributed by atoms with Gasteiger partial charge in [-0.2, -0.15) is 16.7 Å². The molecule has 0 aliphatic heterocycles. The number of rotatable bonds is 6. The summed E-state index contributed by atoms with van der Waals surface area (Å²) in [5.74, 6) is 2.34. The summed E-state index contributed by atoms with van der Waals surface area (Å²) in [6.45, 7) is 0.941. The van der Waals surface area contributed by atoms with Crippen LogP contribution >= 0.6 is 11.8 Å². The van der Waals surface area contributed by atoms with Gasteiger partial charge >= 0.3 is 0 Å². The first-order valence-corrected chi connectivity index (χ1v) is 6.03. The van der Waals surface area contributed by atoms with Crippen LogP contribution in [0.5, 0.6) is 0 Å². The number of nitrogens with one attached hydrogen (secondary N) is 1. The number of nitrogens with two attached hydrogens (primary N) is 1. The molecule has 78 valence electrons. The summed E-state index contributed by atoms with van der Waals surface area (Å²) in [5, 5.41) is 3.20. The van der Waals surface area contributed by atoms with Crippen molar-refractivity contribution < 1.29 is 0 Å². The van der Waals surface area contributed by atoms with Gasteiger partial charge in [0, 0.05) is 12.7 Å². The molecule has 4 nitrogen and oxygen atoms in total. The van der Waals surface area contributed by atoms with Crippen LogP contribution in [0.4, 0.5) is 11.8 Å². The van der Waals surface area contributed by atoms with Crippen LogP contribution in [0.25, 0.3) is 0 Å². The molecule has 0 fully saturated rings. The van der Waals surface area contributed by atoms with E-state index in [0.717, 1.165) is 18.8 Å². The lowest BCUT2D eigenvalue weighted by Crippen LogP contribution is -2.05. The van der Waals surface area contributed by atoms with Crippen LogP contribution in [0.15, 0.2) is 12.3 Å². The van der Waals surface area contributed by atoms with Crippen molar-refractivity contribution in [2.24, 2.45) is 0 Å². The topological polar surface area (TPSA) is 63.8 Å². The Kier molecular flexibility index (Phi) is 5.14. The number of anilines is 2. The number of unbranched alkanes of at least 4 members (excludes halogenated alkanes) is 1. The number of nitrogens with zero attached hydrogens (tertiary/aromatic N) is 2. The van der Waals surface area contributed by atoms with E-state index in [1.807, 2.05) is 17.8 Å². The third kappa shape index (κ3) is 4.32. The minimum Gasteiger partial charge on any atom is -0.370 e. The number of nitrogen functional groups attached to an aromatic ring is 1. The average molecular weight is 212 g/mol. The monoisotopic (exact) mass is 212 g/mol. The molecule has 0 radical (unpaired) electrons. The maximum absolute atomic E-state index is 5.44. The molecule has 0 unspecified atom stereocenters. The third-order valence-corrected chi connectivity index (χ3v) is 2.45. The second kappa shape index (κ2) is 6.48. The summed E-state index contributed by atoms with van der Waals surface area (Å²) in [6.07, 6.45) is 6.17. The highest BCUT2D eigenvalue weighted by Crippen LogP contribution is 2.04. The van der Waals surface area contributed by atoms with E-state index in [-0.39, 0.29) is 0 Å². The smallest absolute Gasteiger partial charge is 0.221 e. The molecule has 14 heavy (non-hydrogen) atoms. The molecule has 0 atom stereocenters. The van der Waals surface area contributed by atoms with Crippen molar-refractivity contribution in [3.8, 4) is 0 Å². The summed E-state index contributed by atoms with van der Waals surface area (Å²) in [5.41, 5.74) is 5.44. The van der Waals surface area contributed by atoms with Gasteiger partial charge in [-0.15, -0.1) is 0 Å². The van der Waals surface area contributed by atoms with E-state index in [0.29, 0.717) is 5.95 Å². The highest BCUT2D eigenvalue weighted by molar-refractivity contribution is 7.98. The molecule has 0 saturated carbocycles. The summed E-state index contributed by atoms with van der Waals surface area (Å²) in [4.78, 5) is 7.86. The lowest BCUT2D eigenvalue weighted by molar-refractivity contribution is 0.839. The van der Waals surface area contributed by atoms with Gasteiger partial charge in [0.25, 0.3) is 0 Å². The summed E-state index contributed by atoms with van der Waals surface area (Å²) in [7, 11) is 0. The molecule has 1 aromatic heterocycles. The van der Waals surface area contributed by atoms with Crippen LogP contribution in [0.1, 0.15) is 12.8 Å². The van der Waals surface area contributed by atoms with Gasteiger partial charge in [0.05, 0.1) is 0 Å². The predicted octanol–water partition coefficient (Wildman–Crippen LogP) is 1.61. The van der Waals surface area contributed by atoms with Crippen molar-refractivity contribution in [3.63, 3.8) is 0 Å². The minimum absolute atomic E-state index is 0.319. The molecule has 0 saturated heterocycles. The van der Waals surface area contributed by atoms with Gasteiger partial charge in [0.1, 0.15) is 5.82 Å². The van der Waals surface area contributed by atoms with Crippen molar-refractivity contribution in [1.82, 2.24) is 9.97 Å². The Morgan fingerprint density at radius 2 is 2.36 bits per heavy atom. The fourth-order valence-corrected chi connectivity index (χ4v) is 1.55. The molecule has 3 N–H and O–H groups in total. The van der Waals surface area contributed by atoms with Crippen molar-refractivity contribution in [3.05, 3.63) is 12.3 Å². The van der Waals surface area contributed by atoms with E-state index in [2.05, 4.69) is 21.5 Å². The molecule has 1 aromatic rings. The van der Waals surface area contributed by atoms with Crippen molar-refractivity contribution >= 4 is 23.5 Å². The van der Waals surface area contributed by atoms with E-state index >= 15 is 0 Å². The maximum atomic E-state index is 5.44. The second-order valence-electron chi connectivity index (χ2n) is 2.93. The number of thioether (sulfide) groups is 1. The van der Waals surface area contributed by atoms with Gasteiger partial charge in [-0.1, -0.05) is 0 Å². The van der Waals surface area contributed by atoms with E-state index in [1.54, 1.807) is 6.20 Å². The van der Waals surface area contributed by atoms with Crippen molar-refractivity contribution in [1.29, 1.82) is 0 Å². The van der Waals surface area contributed by atoms with Gasteiger partial charge in [-0.25, -0.2) is 4.98 Å². The van der Waals surface area contributed by atoms with Gasteiger partial charge in [0.2, 0.25) is 5.95 Å². The Hall–Kier alpha value is -0.970. The van der Waals surface area contributed by atoms with Crippen molar-refractivity contribution in [2.75, 3.05) is 29.6 Å². The molecular formula is C9H16N4S. The zero-order valence-electron chi connectivity index (χ0n) is 8.36. The zero-order chi connectivity index (χ0) is 10.2. The lowest BCUT2D eigenvalue weighted by atomic mass is 10.3. The quantitative estimate of drug-likeness (QED) is 0.701. The molecule has 0 amide bonds. The molecule has 1 rings (SSSR count). The Morgan fingerprint density at radius 3 is 3.07 bits per heavy atom. The summed E-state index contributed by atoms with van der Waals surface area (Å²) in [6, 6.07) is 1.82. The predicted molar refractivity (Wildman–Crippen MR) is 62.6 cm³/mol. The highest BCUT2D eigenvalue weighted by Gasteiger charge is 1.94. The fraction of sp³-hybridized carbons (Fsp3) is 0.556. The standard InChI is InChI=1S/C9H16N4S/c1-14-7-3-2-5-11-8-4-6-12-9(10)13-8/h4,6H,2-3,5,7H2,1H3,(H3,10,11,12,13). The Bertz CT molecular complexity index is 267. The molecule has 0 aliphatic carbocycles. The first kappa shape index (κ1) is 11.1. The average Bonchev–Trinajstić information content (AvgIpc) is 2.18. The third-order valence-electron chi connectivity index (χ3n) is 1.76. The van der Waals surface area contributed by atoms with Crippen LogP contribution in [-0.4, -0.2) is 28.5 Å². The van der Waals surface area contributed by atoms with E-state index in [1.165, 1.54) is 12.2 Å². The normalized spacial score (nSPS) is 10.1. The minimum atomic E-state index is 0.319. The molecule has 1 heterocycles. The Morgan fingerprint density at radius 1 is 1.50 bits per heavy atom. The first-order valence-electron chi connectivity index (χ1n) is 4.64. The first-order chi connectivity index (χ1) is 6.83. The van der Waals surface area contributed by atoms with Crippen molar-refractivity contribution in [2.45, 2.75) is 12.8 Å². The van der Waals surface area contributed by atoms with Gasteiger partial charge in [-0.3, -0.25) is 0 Å². The second-order valence-corrected chi connectivity index (χ2v) is 3.91. The molecule has 0 aliphatic rings. The molecule has 0 aromatic carbocycles. The lowest BCUT2D eigenvalue weighted by Gasteiger charge is -2.04. The van der Waals surface area contributed by atoms with E-state index < -0.39 is 0 Å². The molecule has 0 bridgehead atoms. The van der Waals surface area contributed by atoms with Crippen LogP contribution in [0.2, 0.25) is 0 Å². The van der Waals surface area contributed by atoms with E-state index in [4.69, 9.17) is 5.73 Å². The maximum Gasteiger partial charge on any atom is 0.221 e. The zero-order valence-corrected chi connectivity index (χ0v) is 9.18. The highest BCUT2D eigenvalue weighted by atomic mass is 32.2. The Labute approximate surface area is 88.7 Å².